The summed E-state index contributed by atoms with van der Waals surface area (Å²) < 4.78 is 10.2. The van der Waals surface area contributed by atoms with E-state index in [2.05, 4.69) is 10.2 Å². The molecule has 26 heavy (non-hydrogen) atoms. The molecular formula is C17H13N3O5S. The van der Waals surface area contributed by atoms with E-state index in [0.29, 0.717) is 22.1 Å². The molecule has 8 nitrogen and oxygen atoms in total. The molecule has 0 radical (unpaired) electrons. The smallest absolute Gasteiger partial charge is 0.337 e. The number of hydrogen-bond acceptors (Lipinski definition) is 8. The van der Waals surface area contributed by atoms with Crippen LogP contribution in [-0.4, -0.2) is 28.2 Å². The van der Waals surface area contributed by atoms with Crippen LogP contribution in [0.25, 0.3) is 11.5 Å². The number of hydrogen-bond donors (Lipinski definition) is 0. The van der Waals surface area contributed by atoms with Crippen molar-refractivity contribution in [2.24, 2.45) is 0 Å². The first-order chi connectivity index (χ1) is 12.6. The van der Waals surface area contributed by atoms with Crippen molar-refractivity contribution in [3.63, 3.8) is 0 Å². The fourth-order valence-corrected chi connectivity index (χ4v) is 2.89. The number of nitro benzene ring substituents is 1. The topological polar surface area (TPSA) is 108 Å². The number of carbonyl (C=O) groups is 1. The Hall–Kier alpha value is -3.20. The summed E-state index contributed by atoms with van der Waals surface area (Å²) >= 11 is 1.30. The van der Waals surface area contributed by atoms with Crippen LogP contribution in [0.3, 0.4) is 0 Å². The van der Waals surface area contributed by atoms with Gasteiger partial charge in [-0.3, -0.25) is 10.1 Å². The Balaban J connectivity index is 1.70. The highest BCUT2D eigenvalue weighted by Crippen LogP contribution is 2.27. The molecule has 1 heterocycles. The van der Waals surface area contributed by atoms with Gasteiger partial charge in [0.05, 0.1) is 17.6 Å². The molecule has 0 fully saturated rings. The Morgan fingerprint density at radius 1 is 1.23 bits per heavy atom. The van der Waals surface area contributed by atoms with Crippen molar-refractivity contribution in [1.82, 2.24) is 10.2 Å². The summed E-state index contributed by atoms with van der Waals surface area (Å²) in [6.07, 6.45) is 0. The number of nitro groups is 1. The highest BCUT2D eigenvalue weighted by atomic mass is 32.2. The van der Waals surface area contributed by atoms with Crippen molar-refractivity contribution in [3.05, 3.63) is 69.8 Å². The number of rotatable bonds is 6. The summed E-state index contributed by atoms with van der Waals surface area (Å²) in [7, 11) is 1.33. The van der Waals surface area contributed by atoms with E-state index >= 15 is 0 Å². The lowest BCUT2D eigenvalue weighted by atomic mass is 10.1. The molecule has 2 aromatic carbocycles. The average Bonchev–Trinajstić information content (AvgIpc) is 3.15. The summed E-state index contributed by atoms with van der Waals surface area (Å²) in [6.45, 7) is 0. The van der Waals surface area contributed by atoms with Crippen LogP contribution in [-0.2, 0) is 10.5 Å². The van der Waals surface area contributed by atoms with Crippen LogP contribution in [0, 0.1) is 10.1 Å². The van der Waals surface area contributed by atoms with Crippen LogP contribution in [0.1, 0.15) is 15.9 Å². The molecule has 1 aromatic heterocycles. The summed E-state index contributed by atoms with van der Waals surface area (Å²) in [5, 5.41) is 19.0. The standard InChI is InChI=1S/C17H13N3O5S/c1-24-16(21)13-6-2-4-11(8-13)10-26-17-19-18-15(25-17)12-5-3-7-14(9-12)20(22)23/h2-9H,10H2,1H3. The molecular weight excluding hydrogens is 358 g/mol. The van der Waals surface area contributed by atoms with Gasteiger partial charge in [0.25, 0.3) is 10.9 Å². The lowest BCUT2D eigenvalue weighted by molar-refractivity contribution is -0.384. The predicted molar refractivity (Wildman–Crippen MR) is 93.7 cm³/mol. The Kier molecular flexibility index (Phi) is 5.28. The first-order valence-electron chi connectivity index (χ1n) is 7.45. The van der Waals surface area contributed by atoms with Gasteiger partial charge in [0.2, 0.25) is 5.89 Å². The largest absolute Gasteiger partial charge is 0.465 e. The maximum atomic E-state index is 11.6. The zero-order valence-electron chi connectivity index (χ0n) is 13.6. The van der Waals surface area contributed by atoms with Crippen molar-refractivity contribution in [2.45, 2.75) is 11.0 Å². The first-order valence-corrected chi connectivity index (χ1v) is 8.44. The van der Waals surface area contributed by atoms with Gasteiger partial charge < -0.3 is 9.15 Å². The van der Waals surface area contributed by atoms with Crippen LogP contribution < -0.4 is 0 Å². The molecule has 9 heteroatoms. The molecule has 0 atom stereocenters. The molecule has 3 aromatic rings. The van der Waals surface area contributed by atoms with Gasteiger partial charge in [0, 0.05) is 23.4 Å². The maximum absolute atomic E-state index is 11.6. The van der Waals surface area contributed by atoms with E-state index < -0.39 is 10.9 Å². The molecule has 0 amide bonds. The van der Waals surface area contributed by atoms with Gasteiger partial charge >= 0.3 is 5.97 Å². The van der Waals surface area contributed by atoms with Crippen LogP contribution in [0.5, 0.6) is 0 Å². The van der Waals surface area contributed by atoms with Crippen molar-refractivity contribution in [3.8, 4) is 11.5 Å². The summed E-state index contributed by atoms with van der Waals surface area (Å²) in [6, 6.07) is 13.0. The van der Waals surface area contributed by atoms with Crippen molar-refractivity contribution >= 4 is 23.4 Å². The van der Waals surface area contributed by atoms with E-state index in [0.717, 1.165) is 5.56 Å². The van der Waals surface area contributed by atoms with Crippen molar-refractivity contribution in [1.29, 1.82) is 0 Å². The molecule has 0 aliphatic rings. The number of methoxy groups -OCH3 is 1. The van der Waals surface area contributed by atoms with Crippen molar-refractivity contribution < 1.29 is 18.9 Å². The highest BCUT2D eigenvalue weighted by molar-refractivity contribution is 7.98. The van der Waals surface area contributed by atoms with Crippen LogP contribution >= 0.6 is 11.8 Å². The second kappa shape index (κ2) is 7.79. The highest BCUT2D eigenvalue weighted by Gasteiger charge is 2.13. The van der Waals surface area contributed by atoms with Gasteiger partial charge in [-0.1, -0.05) is 30.0 Å². The first kappa shape index (κ1) is 17.6. The summed E-state index contributed by atoms with van der Waals surface area (Å²) in [5.41, 5.74) is 1.79. The lowest BCUT2D eigenvalue weighted by Crippen LogP contribution is -2.01. The normalized spacial score (nSPS) is 10.5. The molecule has 0 unspecified atom stereocenters. The molecule has 0 aliphatic carbocycles. The third-order valence-corrected chi connectivity index (χ3v) is 4.31. The molecule has 0 aliphatic heterocycles. The quantitative estimate of drug-likeness (QED) is 0.279. The predicted octanol–water partition coefficient (Wildman–Crippen LogP) is 3.72. The Morgan fingerprint density at radius 3 is 2.81 bits per heavy atom. The van der Waals surface area contributed by atoms with Crippen LogP contribution in [0.2, 0.25) is 0 Å². The second-order valence-corrected chi connectivity index (χ2v) is 6.09. The van der Waals surface area contributed by atoms with Gasteiger partial charge in [-0.15, -0.1) is 10.2 Å². The Morgan fingerprint density at radius 2 is 2.04 bits per heavy atom. The molecule has 132 valence electrons. The van der Waals surface area contributed by atoms with Gasteiger partial charge in [-0.2, -0.15) is 0 Å². The summed E-state index contributed by atoms with van der Waals surface area (Å²) in [5.74, 6) is 0.323. The second-order valence-electron chi connectivity index (χ2n) is 5.16. The minimum absolute atomic E-state index is 0.0467. The molecule has 0 spiro atoms. The number of ether oxygens (including phenoxy) is 1. The average molecular weight is 371 g/mol. The number of thioether (sulfide) groups is 1. The fraction of sp³-hybridized carbons (Fsp3) is 0.118. The van der Waals surface area contributed by atoms with Gasteiger partial charge in [-0.05, 0) is 23.8 Å². The van der Waals surface area contributed by atoms with E-state index in [1.54, 1.807) is 30.3 Å². The zero-order valence-corrected chi connectivity index (χ0v) is 14.4. The number of non-ortho nitro benzene ring substituents is 1. The van der Waals surface area contributed by atoms with E-state index in [9.17, 15) is 14.9 Å². The van der Waals surface area contributed by atoms with Crippen molar-refractivity contribution in [2.75, 3.05) is 7.11 Å². The van der Waals surface area contributed by atoms with Gasteiger partial charge in [0.15, 0.2) is 0 Å². The van der Waals surface area contributed by atoms with E-state index in [1.165, 1.54) is 31.0 Å². The number of aromatic nitrogens is 2. The molecule has 3 rings (SSSR count). The molecule has 0 N–H and O–H groups in total. The zero-order chi connectivity index (χ0) is 18.5. The molecule has 0 bridgehead atoms. The Labute approximate surface area is 152 Å². The summed E-state index contributed by atoms with van der Waals surface area (Å²) in [4.78, 5) is 21.9. The third-order valence-electron chi connectivity index (χ3n) is 3.42. The van der Waals surface area contributed by atoms with E-state index in [4.69, 9.17) is 9.15 Å². The van der Waals surface area contributed by atoms with E-state index in [-0.39, 0.29) is 11.6 Å². The number of esters is 1. The number of benzene rings is 2. The minimum atomic E-state index is -0.482. The van der Waals surface area contributed by atoms with Gasteiger partial charge in [0.1, 0.15) is 0 Å². The SMILES string of the molecule is COC(=O)c1cccc(CSc2nnc(-c3cccc([N+](=O)[O-])c3)o2)c1. The molecule has 0 saturated heterocycles. The third kappa shape index (κ3) is 4.06. The monoisotopic (exact) mass is 371 g/mol. The fourth-order valence-electron chi connectivity index (χ4n) is 2.19. The lowest BCUT2D eigenvalue weighted by Gasteiger charge is -2.02. The Bertz CT molecular complexity index is 957. The van der Waals surface area contributed by atoms with Gasteiger partial charge in [-0.25, -0.2) is 4.79 Å². The number of nitrogens with zero attached hydrogens (tertiary/aromatic N) is 3. The van der Waals surface area contributed by atoms with Crippen LogP contribution in [0.4, 0.5) is 5.69 Å². The van der Waals surface area contributed by atoms with E-state index in [1.807, 2.05) is 6.07 Å². The molecule has 0 saturated carbocycles. The maximum Gasteiger partial charge on any atom is 0.337 e. The number of carbonyl (C=O) groups excluding carboxylic acids is 1. The van der Waals surface area contributed by atoms with Crippen LogP contribution in [0.15, 0.2) is 58.2 Å². The minimum Gasteiger partial charge on any atom is -0.465 e.